The van der Waals surface area contributed by atoms with Gasteiger partial charge in [0.05, 0.1) is 22.8 Å². The second-order valence-electron chi connectivity index (χ2n) is 10.8. The van der Waals surface area contributed by atoms with Crippen molar-refractivity contribution in [1.29, 1.82) is 0 Å². The van der Waals surface area contributed by atoms with Gasteiger partial charge in [-0.25, -0.2) is 9.97 Å². The molecule has 2 aliphatic heterocycles. The van der Waals surface area contributed by atoms with Gasteiger partial charge in [-0.15, -0.1) is 46.4 Å². The molecule has 0 spiro atoms. The van der Waals surface area contributed by atoms with Gasteiger partial charge in [-0.1, -0.05) is 20.1 Å². The van der Waals surface area contributed by atoms with Crippen molar-refractivity contribution >= 4 is 92.8 Å². The monoisotopic (exact) mass is 810 g/mol. The van der Waals surface area contributed by atoms with Crippen LogP contribution in [0.4, 0.5) is 0 Å². The summed E-state index contributed by atoms with van der Waals surface area (Å²) in [6.07, 6.45) is 8.05. The van der Waals surface area contributed by atoms with Crippen LogP contribution in [0.25, 0.3) is 46.4 Å². The molecule has 2 N–H and O–H groups in total. The van der Waals surface area contributed by atoms with Crippen LogP contribution in [0.1, 0.15) is 22.8 Å². The molecule has 53 heavy (non-hydrogen) atoms. The van der Waals surface area contributed by atoms with E-state index in [1.165, 1.54) is 0 Å². The van der Waals surface area contributed by atoms with Gasteiger partial charge in [0.15, 0.2) is 0 Å². The normalized spacial score (nSPS) is 10.3. The Kier molecular flexibility index (Phi) is 17.2. The molecule has 4 nitrogen and oxygen atoms in total. The second kappa shape index (κ2) is 22.3. The van der Waals surface area contributed by atoms with Gasteiger partial charge in [0, 0.05) is 22.1 Å². The zero-order valence-electron chi connectivity index (χ0n) is 27.9. The average Bonchev–Trinajstić information content (AvgIpc) is 3.98. The molecule has 0 unspecified atom stereocenters. The van der Waals surface area contributed by atoms with E-state index in [1.54, 1.807) is 97.1 Å². The van der Waals surface area contributed by atoms with E-state index in [9.17, 15) is 0 Å². The van der Waals surface area contributed by atoms with Gasteiger partial charge >= 0.3 is 17.1 Å². The van der Waals surface area contributed by atoms with E-state index in [4.69, 9.17) is 46.4 Å². The van der Waals surface area contributed by atoms with Crippen LogP contribution >= 0.6 is 46.4 Å². The van der Waals surface area contributed by atoms with Gasteiger partial charge in [-0.3, -0.25) is 0 Å². The first kappa shape index (κ1) is 40.9. The summed E-state index contributed by atoms with van der Waals surface area (Å²) >= 11 is 22.1. The molecule has 2 aliphatic rings. The van der Waals surface area contributed by atoms with Crippen LogP contribution in [0.15, 0.2) is 146 Å². The van der Waals surface area contributed by atoms with E-state index in [0.29, 0.717) is 0 Å². The summed E-state index contributed by atoms with van der Waals surface area (Å²) in [5, 5.41) is 3.05. The Morgan fingerprint density at radius 1 is 0.340 bits per heavy atom. The van der Waals surface area contributed by atoms with Gasteiger partial charge in [-0.05, 0) is 72.8 Å². The third kappa shape index (κ3) is 15.3. The Morgan fingerprint density at radius 2 is 0.585 bits per heavy atom. The van der Waals surface area contributed by atoms with Crippen molar-refractivity contribution in [3.63, 3.8) is 0 Å². The number of H-pyrrole nitrogens is 2. The zero-order valence-corrected chi connectivity index (χ0v) is 32.1. The van der Waals surface area contributed by atoms with Crippen molar-refractivity contribution in [2.75, 3.05) is 0 Å². The Labute approximate surface area is 340 Å². The van der Waals surface area contributed by atoms with Crippen molar-refractivity contribution in [3.05, 3.63) is 213 Å². The standard InChI is InChI=1S/C20H14N4.4C6H4Cl.Fe/c1-2-14-10-16-5-6-18(23-16)12-20-8-7-19(24-20)11-17-4-3-15(22-17)9-13(1)21-14;4*7-6-4-2-1-3-5-6;/h1-12,21-22H;4*2-5H;/q;4*-1;+4. The smallest absolute Gasteiger partial charge is 0.355 e. The van der Waals surface area contributed by atoms with Gasteiger partial charge in [0.1, 0.15) is 0 Å². The number of halogens is 4. The SMILES string of the molecule is C1=Cc2cc3ccc(cc4ccc(cc5nc(cc1n2)C=C5)[nH]4)[nH]3.Clc1cc[c-]cc1.Clc1cc[c-]cc1.Clc1cc[c-]cc1.Clc1cc[c-]cc1.[Fe+4]. The minimum atomic E-state index is 0. The number of nitrogens with one attached hydrogen (secondary N) is 2. The van der Waals surface area contributed by atoms with E-state index in [0.717, 1.165) is 64.9 Å². The number of benzene rings is 4. The Balaban J connectivity index is 0.000000176. The van der Waals surface area contributed by atoms with Crippen LogP contribution in [0.3, 0.4) is 0 Å². The van der Waals surface area contributed by atoms with Gasteiger partial charge in [0.25, 0.3) is 0 Å². The first-order valence-electron chi connectivity index (χ1n) is 15.9. The van der Waals surface area contributed by atoms with Crippen LogP contribution in [-0.2, 0) is 17.1 Å². The van der Waals surface area contributed by atoms with Crippen LogP contribution in [0, 0.1) is 24.3 Å². The van der Waals surface area contributed by atoms with Crippen LogP contribution in [0.2, 0.25) is 20.1 Å². The van der Waals surface area contributed by atoms with Crippen LogP contribution in [-0.4, -0.2) is 19.9 Å². The number of hydrogen-bond donors (Lipinski definition) is 2. The largest absolute Gasteiger partial charge is 4.00 e. The molecule has 8 bridgehead atoms. The van der Waals surface area contributed by atoms with Crippen molar-refractivity contribution in [1.82, 2.24) is 19.9 Å². The average molecular weight is 812 g/mol. The topological polar surface area (TPSA) is 57.4 Å². The van der Waals surface area contributed by atoms with Gasteiger partial charge < -0.3 is 9.97 Å². The van der Waals surface area contributed by atoms with E-state index >= 15 is 0 Å². The number of fused-ring (bicyclic) bond motifs is 8. The number of rotatable bonds is 0. The molecule has 0 atom stereocenters. The summed E-state index contributed by atoms with van der Waals surface area (Å²) < 4.78 is 0. The molecule has 0 radical (unpaired) electrons. The minimum Gasteiger partial charge on any atom is -0.355 e. The van der Waals surface area contributed by atoms with Gasteiger partial charge in [-0.2, -0.15) is 121 Å². The molecule has 0 fully saturated rings. The molecule has 9 rings (SSSR count). The molecule has 0 saturated carbocycles. The molecular formula is C44H30Cl4FeN4. The van der Waals surface area contributed by atoms with Gasteiger partial charge in [0.2, 0.25) is 0 Å². The summed E-state index contributed by atoms with van der Waals surface area (Å²) in [4.78, 5) is 16.0. The fourth-order valence-electron chi connectivity index (χ4n) is 4.41. The fourth-order valence-corrected chi connectivity index (χ4v) is 4.91. The molecule has 5 heterocycles. The zero-order chi connectivity index (χ0) is 36.4. The molecule has 0 amide bonds. The van der Waals surface area contributed by atoms with E-state index < -0.39 is 0 Å². The number of hydrogen-bond acceptors (Lipinski definition) is 2. The summed E-state index contributed by atoms with van der Waals surface area (Å²) in [6, 6.07) is 56.4. The van der Waals surface area contributed by atoms with Crippen LogP contribution < -0.4 is 0 Å². The maximum absolute atomic E-state index is 5.52. The molecule has 0 aliphatic carbocycles. The first-order chi connectivity index (χ1) is 25.4. The van der Waals surface area contributed by atoms with Crippen molar-refractivity contribution in [3.8, 4) is 0 Å². The fraction of sp³-hybridized carbons (Fsp3) is 0. The molecule has 0 saturated heterocycles. The van der Waals surface area contributed by atoms with Crippen molar-refractivity contribution in [2.45, 2.75) is 0 Å². The summed E-state index contributed by atoms with van der Waals surface area (Å²) in [5.41, 5.74) is 7.86. The first-order valence-corrected chi connectivity index (χ1v) is 17.4. The predicted molar refractivity (Wildman–Crippen MR) is 220 cm³/mol. The molecule has 3 aromatic heterocycles. The Bertz CT molecular complexity index is 2110. The van der Waals surface area contributed by atoms with E-state index in [2.05, 4.69) is 74.5 Å². The van der Waals surface area contributed by atoms with E-state index in [1.807, 2.05) is 42.5 Å². The third-order valence-corrected chi connectivity index (χ3v) is 7.76. The third-order valence-electron chi connectivity index (χ3n) is 6.75. The number of aromatic nitrogens is 4. The maximum atomic E-state index is 5.52. The number of aromatic amines is 2. The summed E-state index contributed by atoms with van der Waals surface area (Å²) in [7, 11) is 0. The van der Waals surface area contributed by atoms with Crippen molar-refractivity contribution < 1.29 is 17.1 Å². The molecular weight excluding hydrogens is 782 g/mol. The maximum Gasteiger partial charge on any atom is 4.00 e. The molecule has 7 aromatic rings. The second-order valence-corrected chi connectivity index (χ2v) is 12.5. The molecule has 9 heteroatoms. The molecule has 4 aromatic carbocycles. The summed E-state index contributed by atoms with van der Waals surface area (Å²) in [6.45, 7) is 0. The minimum absolute atomic E-state index is 0. The van der Waals surface area contributed by atoms with Crippen molar-refractivity contribution in [2.24, 2.45) is 0 Å². The van der Waals surface area contributed by atoms with Crippen LogP contribution in [0.5, 0.6) is 0 Å². The summed E-state index contributed by atoms with van der Waals surface area (Å²) in [5.74, 6) is 0. The Morgan fingerprint density at radius 3 is 0.830 bits per heavy atom. The Hall–Kier alpha value is -4.84. The van der Waals surface area contributed by atoms with E-state index in [-0.39, 0.29) is 17.1 Å². The predicted octanol–water partition coefficient (Wildman–Crippen LogP) is 13.2. The quantitative estimate of drug-likeness (QED) is 0.118. The molecule has 262 valence electrons. The number of nitrogens with zero attached hydrogens (tertiary/aromatic N) is 2.